The van der Waals surface area contributed by atoms with Gasteiger partial charge in [-0.2, -0.15) is 0 Å². The number of nitrogens with zero attached hydrogens (tertiary/aromatic N) is 1. The van der Waals surface area contributed by atoms with E-state index in [9.17, 15) is 4.79 Å². The van der Waals surface area contributed by atoms with Gasteiger partial charge in [0.1, 0.15) is 0 Å². The first kappa shape index (κ1) is 13.2. The lowest BCUT2D eigenvalue weighted by Gasteiger charge is -2.33. The minimum absolute atomic E-state index is 0.329. The number of hydrogen-bond donors (Lipinski definition) is 2. The maximum Gasteiger partial charge on any atom is 0.407 e. The largest absolute Gasteiger partial charge is 0.465 e. The van der Waals surface area contributed by atoms with E-state index >= 15 is 0 Å². The van der Waals surface area contributed by atoms with Gasteiger partial charge in [-0.3, -0.25) is 0 Å². The first-order valence-electron chi connectivity index (χ1n) is 4.99. The molecule has 4 nitrogen and oxygen atoms in total. The average Bonchev–Trinajstić information content (AvgIpc) is 1.94. The van der Waals surface area contributed by atoms with Gasteiger partial charge in [0.2, 0.25) is 0 Å². The van der Waals surface area contributed by atoms with E-state index in [1.807, 2.05) is 34.6 Å². The van der Waals surface area contributed by atoms with Crippen LogP contribution in [0.4, 0.5) is 4.79 Å². The molecule has 0 bridgehead atoms. The molecular formula is C10H22N2O2. The molecule has 0 aromatic rings. The topological polar surface area (TPSA) is 52.6 Å². The van der Waals surface area contributed by atoms with Crippen molar-refractivity contribution in [3.63, 3.8) is 0 Å². The summed E-state index contributed by atoms with van der Waals surface area (Å²) in [5.41, 5.74) is -0.329. The molecule has 0 radical (unpaired) electrons. The zero-order valence-electron chi connectivity index (χ0n) is 9.79. The van der Waals surface area contributed by atoms with E-state index in [0.29, 0.717) is 19.1 Å². The standard InChI is InChI=1S/C10H22N2O2/c1-8(2)11-6-7-12(9(13)14)10(3,4)5/h8,11H,6-7H2,1-5H3,(H,13,14). The maximum absolute atomic E-state index is 10.9. The molecule has 4 heteroatoms. The Morgan fingerprint density at radius 1 is 1.43 bits per heavy atom. The van der Waals surface area contributed by atoms with Gasteiger partial charge in [-0.1, -0.05) is 13.8 Å². The predicted octanol–water partition coefficient (Wildman–Crippen LogP) is 1.76. The third kappa shape index (κ3) is 5.07. The Morgan fingerprint density at radius 3 is 2.21 bits per heavy atom. The van der Waals surface area contributed by atoms with Crippen molar-refractivity contribution in [1.82, 2.24) is 10.2 Å². The van der Waals surface area contributed by atoms with Crippen LogP contribution in [0.25, 0.3) is 0 Å². The molecule has 2 N–H and O–H groups in total. The molecule has 0 aliphatic rings. The molecule has 14 heavy (non-hydrogen) atoms. The number of carbonyl (C=O) groups is 1. The fourth-order valence-corrected chi connectivity index (χ4v) is 1.18. The molecule has 0 unspecified atom stereocenters. The number of nitrogens with one attached hydrogen (secondary N) is 1. The van der Waals surface area contributed by atoms with Gasteiger partial charge in [0.15, 0.2) is 0 Å². The summed E-state index contributed by atoms with van der Waals surface area (Å²) in [6.07, 6.45) is -0.858. The third-order valence-electron chi connectivity index (χ3n) is 1.93. The normalized spacial score (nSPS) is 11.9. The molecule has 0 aliphatic carbocycles. The molecule has 0 aromatic heterocycles. The number of amides is 1. The minimum Gasteiger partial charge on any atom is -0.465 e. The molecule has 0 atom stereocenters. The molecule has 0 saturated carbocycles. The lowest BCUT2D eigenvalue weighted by atomic mass is 10.1. The quantitative estimate of drug-likeness (QED) is 0.730. The van der Waals surface area contributed by atoms with Crippen molar-refractivity contribution in [2.75, 3.05) is 13.1 Å². The van der Waals surface area contributed by atoms with Crippen LogP contribution in [0.3, 0.4) is 0 Å². The molecule has 84 valence electrons. The molecule has 0 spiro atoms. The summed E-state index contributed by atoms with van der Waals surface area (Å²) in [5, 5.41) is 12.2. The van der Waals surface area contributed by atoms with Crippen LogP contribution in [0.5, 0.6) is 0 Å². The van der Waals surface area contributed by atoms with E-state index < -0.39 is 6.09 Å². The number of rotatable bonds is 4. The van der Waals surface area contributed by atoms with Crippen LogP contribution in [0.15, 0.2) is 0 Å². The summed E-state index contributed by atoms with van der Waals surface area (Å²) in [4.78, 5) is 12.4. The predicted molar refractivity (Wildman–Crippen MR) is 57.6 cm³/mol. The first-order valence-corrected chi connectivity index (χ1v) is 4.99. The van der Waals surface area contributed by atoms with E-state index in [1.54, 1.807) is 0 Å². The summed E-state index contributed by atoms with van der Waals surface area (Å²) in [5.74, 6) is 0. The SMILES string of the molecule is CC(C)NCCN(C(=O)O)C(C)(C)C. The van der Waals surface area contributed by atoms with E-state index in [1.165, 1.54) is 4.90 Å². The highest BCUT2D eigenvalue weighted by Gasteiger charge is 2.25. The van der Waals surface area contributed by atoms with E-state index in [0.717, 1.165) is 0 Å². The van der Waals surface area contributed by atoms with Crippen molar-refractivity contribution in [2.24, 2.45) is 0 Å². The second-order valence-corrected chi connectivity index (χ2v) is 4.71. The van der Waals surface area contributed by atoms with Crippen molar-refractivity contribution in [1.29, 1.82) is 0 Å². The lowest BCUT2D eigenvalue weighted by molar-refractivity contribution is 0.100. The molecule has 0 heterocycles. The van der Waals surface area contributed by atoms with Gasteiger partial charge in [-0.15, -0.1) is 0 Å². The van der Waals surface area contributed by atoms with Crippen LogP contribution >= 0.6 is 0 Å². The highest BCUT2D eigenvalue weighted by atomic mass is 16.4. The molecule has 1 amide bonds. The fraction of sp³-hybridized carbons (Fsp3) is 0.900. The molecular weight excluding hydrogens is 180 g/mol. The first-order chi connectivity index (χ1) is 6.25. The summed E-state index contributed by atoms with van der Waals surface area (Å²) < 4.78 is 0. The zero-order chi connectivity index (χ0) is 11.4. The molecule has 0 aliphatic heterocycles. The van der Waals surface area contributed by atoms with Gasteiger partial charge >= 0.3 is 6.09 Å². The lowest BCUT2D eigenvalue weighted by Crippen LogP contribution is -2.48. The molecule has 0 aromatic carbocycles. The monoisotopic (exact) mass is 202 g/mol. The van der Waals surface area contributed by atoms with Gasteiger partial charge in [0.25, 0.3) is 0 Å². The summed E-state index contributed by atoms with van der Waals surface area (Å²) in [7, 11) is 0. The van der Waals surface area contributed by atoms with Crippen LogP contribution in [-0.2, 0) is 0 Å². The van der Waals surface area contributed by atoms with E-state index in [4.69, 9.17) is 5.11 Å². The van der Waals surface area contributed by atoms with Crippen molar-refractivity contribution >= 4 is 6.09 Å². The Bertz CT molecular complexity index is 185. The third-order valence-corrected chi connectivity index (χ3v) is 1.93. The minimum atomic E-state index is -0.858. The smallest absolute Gasteiger partial charge is 0.407 e. The summed E-state index contributed by atoms with van der Waals surface area (Å²) in [6, 6.07) is 0.394. The van der Waals surface area contributed by atoms with Crippen molar-refractivity contribution in [2.45, 2.75) is 46.2 Å². The fourth-order valence-electron chi connectivity index (χ4n) is 1.18. The Kier molecular flexibility index (Phi) is 4.91. The van der Waals surface area contributed by atoms with Crippen molar-refractivity contribution in [3.05, 3.63) is 0 Å². The van der Waals surface area contributed by atoms with Gasteiger partial charge in [-0.05, 0) is 20.8 Å². The second kappa shape index (κ2) is 5.20. The van der Waals surface area contributed by atoms with Gasteiger partial charge in [-0.25, -0.2) is 4.79 Å². The number of hydrogen-bond acceptors (Lipinski definition) is 2. The maximum atomic E-state index is 10.9. The zero-order valence-corrected chi connectivity index (χ0v) is 9.79. The van der Waals surface area contributed by atoms with Crippen LogP contribution < -0.4 is 5.32 Å². The van der Waals surface area contributed by atoms with Crippen LogP contribution in [-0.4, -0.2) is 40.8 Å². The van der Waals surface area contributed by atoms with E-state index in [2.05, 4.69) is 5.32 Å². The summed E-state index contributed by atoms with van der Waals surface area (Å²) in [6.45, 7) is 11.0. The average molecular weight is 202 g/mol. The van der Waals surface area contributed by atoms with Crippen LogP contribution in [0.2, 0.25) is 0 Å². The molecule has 0 saturated heterocycles. The Hall–Kier alpha value is -0.770. The highest BCUT2D eigenvalue weighted by Crippen LogP contribution is 2.12. The van der Waals surface area contributed by atoms with Crippen LogP contribution in [0, 0.1) is 0 Å². The van der Waals surface area contributed by atoms with Gasteiger partial charge in [0, 0.05) is 24.7 Å². The van der Waals surface area contributed by atoms with Gasteiger partial charge in [0.05, 0.1) is 0 Å². The molecule has 0 fully saturated rings. The van der Waals surface area contributed by atoms with Crippen LogP contribution in [0.1, 0.15) is 34.6 Å². The Balaban J connectivity index is 4.07. The van der Waals surface area contributed by atoms with Crippen molar-refractivity contribution in [3.8, 4) is 0 Å². The molecule has 0 rings (SSSR count). The number of carboxylic acid groups (broad SMARTS) is 1. The Morgan fingerprint density at radius 2 is 1.93 bits per heavy atom. The van der Waals surface area contributed by atoms with Crippen molar-refractivity contribution < 1.29 is 9.90 Å². The highest BCUT2D eigenvalue weighted by molar-refractivity contribution is 5.65. The van der Waals surface area contributed by atoms with Gasteiger partial charge < -0.3 is 15.3 Å². The second-order valence-electron chi connectivity index (χ2n) is 4.71. The van der Waals surface area contributed by atoms with E-state index in [-0.39, 0.29) is 5.54 Å². The Labute approximate surface area is 86.3 Å². The summed E-state index contributed by atoms with van der Waals surface area (Å²) >= 11 is 0.